The Morgan fingerprint density at radius 2 is 1.81 bits per heavy atom. The number of amides is 1. The van der Waals surface area contributed by atoms with Crippen LogP contribution in [0.4, 0.5) is 11.4 Å². The molecule has 1 saturated heterocycles. The fraction of sp³-hybridized carbons (Fsp3) is 0.346. The molecule has 2 aromatic carbocycles. The summed E-state index contributed by atoms with van der Waals surface area (Å²) in [4.78, 5) is 15.7. The summed E-state index contributed by atoms with van der Waals surface area (Å²) in [6.07, 6.45) is 2.77. The number of sulfonamides is 1. The zero-order valence-electron chi connectivity index (χ0n) is 20.5. The maximum Gasteiger partial charge on any atom is 0.242 e. The van der Waals surface area contributed by atoms with E-state index >= 15 is 0 Å². The number of ether oxygens (including phenoxy) is 2. The normalized spacial score (nSPS) is 13.6. The van der Waals surface area contributed by atoms with Crippen LogP contribution in [-0.2, 0) is 27.7 Å². The standard InChI is InChI=1S/C26H31N3O5S2/c1-33-23-10-7-19(16-24(23)34-2)11-12-27-36(31,32)25-17-20(8-9-22(25)29-13-3-4-14-29)28-26(30)18-21-6-5-15-35-21/h5-10,15-17,27H,3-4,11-14,18H2,1-2H3,(H,28,30). The topological polar surface area (TPSA) is 97.0 Å². The molecule has 0 saturated carbocycles. The maximum atomic E-state index is 13.4. The summed E-state index contributed by atoms with van der Waals surface area (Å²) in [7, 11) is -0.694. The smallest absolute Gasteiger partial charge is 0.242 e. The Balaban J connectivity index is 1.50. The van der Waals surface area contributed by atoms with E-state index in [0.29, 0.717) is 29.3 Å². The number of nitrogens with one attached hydrogen (secondary N) is 2. The molecular weight excluding hydrogens is 498 g/mol. The lowest BCUT2D eigenvalue weighted by Gasteiger charge is -2.22. The van der Waals surface area contributed by atoms with Crippen molar-refractivity contribution in [2.45, 2.75) is 30.6 Å². The van der Waals surface area contributed by atoms with Crippen molar-refractivity contribution in [3.63, 3.8) is 0 Å². The van der Waals surface area contributed by atoms with E-state index in [1.54, 1.807) is 38.5 Å². The predicted octanol–water partition coefficient (Wildman–Crippen LogP) is 4.07. The minimum atomic E-state index is -3.83. The van der Waals surface area contributed by atoms with Crippen LogP contribution in [0.2, 0.25) is 0 Å². The lowest BCUT2D eigenvalue weighted by Crippen LogP contribution is -2.29. The van der Waals surface area contributed by atoms with Crippen LogP contribution in [-0.4, -0.2) is 48.2 Å². The van der Waals surface area contributed by atoms with Gasteiger partial charge in [-0.1, -0.05) is 12.1 Å². The minimum absolute atomic E-state index is 0.172. The summed E-state index contributed by atoms with van der Waals surface area (Å²) in [5.41, 5.74) is 2.03. The molecule has 8 nitrogen and oxygen atoms in total. The zero-order valence-corrected chi connectivity index (χ0v) is 22.1. The van der Waals surface area contributed by atoms with Crippen LogP contribution in [0.1, 0.15) is 23.3 Å². The molecule has 36 heavy (non-hydrogen) atoms. The molecule has 0 atom stereocenters. The zero-order chi connectivity index (χ0) is 25.5. The number of methoxy groups -OCH3 is 2. The van der Waals surface area contributed by atoms with Gasteiger partial charge in [-0.25, -0.2) is 13.1 Å². The summed E-state index contributed by atoms with van der Waals surface area (Å²) in [6.45, 7) is 1.82. The third-order valence-corrected chi connectivity index (χ3v) is 8.41. The number of hydrogen-bond donors (Lipinski definition) is 2. The van der Waals surface area contributed by atoms with Crippen LogP contribution >= 0.6 is 11.3 Å². The van der Waals surface area contributed by atoms with Gasteiger partial charge in [-0.15, -0.1) is 11.3 Å². The van der Waals surface area contributed by atoms with E-state index in [4.69, 9.17) is 9.47 Å². The first-order valence-corrected chi connectivity index (χ1v) is 14.2. The highest BCUT2D eigenvalue weighted by atomic mass is 32.2. The molecule has 0 aliphatic carbocycles. The van der Waals surface area contributed by atoms with Crippen molar-refractivity contribution in [1.82, 2.24) is 4.72 Å². The Morgan fingerprint density at radius 1 is 1.03 bits per heavy atom. The highest BCUT2D eigenvalue weighted by molar-refractivity contribution is 7.89. The second-order valence-corrected chi connectivity index (χ2v) is 11.3. The lowest BCUT2D eigenvalue weighted by molar-refractivity contribution is -0.115. The van der Waals surface area contributed by atoms with Crippen LogP contribution in [0.3, 0.4) is 0 Å². The number of thiophene rings is 1. The number of carbonyl (C=O) groups excluding carboxylic acids is 1. The van der Waals surface area contributed by atoms with E-state index in [1.165, 1.54) is 11.3 Å². The van der Waals surface area contributed by atoms with Gasteiger partial charge in [0, 0.05) is 30.2 Å². The molecule has 0 radical (unpaired) electrons. The molecule has 0 spiro atoms. The molecule has 10 heteroatoms. The molecule has 2 heterocycles. The molecule has 1 aliphatic rings. The largest absolute Gasteiger partial charge is 0.493 e. The first-order valence-electron chi connectivity index (χ1n) is 11.8. The quantitative estimate of drug-likeness (QED) is 0.389. The van der Waals surface area contributed by atoms with Crippen molar-refractivity contribution in [3.8, 4) is 11.5 Å². The fourth-order valence-electron chi connectivity index (χ4n) is 4.25. The highest BCUT2D eigenvalue weighted by Gasteiger charge is 2.24. The van der Waals surface area contributed by atoms with Crippen molar-refractivity contribution in [2.24, 2.45) is 0 Å². The van der Waals surface area contributed by atoms with Crippen LogP contribution in [0, 0.1) is 0 Å². The molecule has 1 aromatic heterocycles. The summed E-state index contributed by atoms with van der Waals surface area (Å²) in [5.74, 6) is 1.03. The van der Waals surface area contributed by atoms with Crippen LogP contribution < -0.4 is 24.4 Å². The van der Waals surface area contributed by atoms with Gasteiger partial charge >= 0.3 is 0 Å². The van der Waals surface area contributed by atoms with Gasteiger partial charge in [-0.2, -0.15) is 0 Å². The number of anilines is 2. The summed E-state index contributed by atoms with van der Waals surface area (Å²) in [6, 6.07) is 14.4. The van der Waals surface area contributed by atoms with Crippen LogP contribution in [0.25, 0.3) is 0 Å². The number of benzene rings is 2. The van der Waals surface area contributed by atoms with E-state index in [9.17, 15) is 13.2 Å². The Kier molecular flexibility index (Phi) is 8.50. The van der Waals surface area contributed by atoms with Gasteiger partial charge in [0.05, 0.1) is 26.3 Å². The molecule has 0 unspecified atom stereocenters. The van der Waals surface area contributed by atoms with E-state index in [2.05, 4.69) is 14.9 Å². The van der Waals surface area contributed by atoms with Gasteiger partial charge in [0.15, 0.2) is 11.5 Å². The van der Waals surface area contributed by atoms with Crippen LogP contribution in [0.5, 0.6) is 11.5 Å². The van der Waals surface area contributed by atoms with Gasteiger partial charge in [0.25, 0.3) is 0 Å². The van der Waals surface area contributed by atoms with Gasteiger partial charge in [0.1, 0.15) is 4.90 Å². The van der Waals surface area contributed by atoms with Crippen molar-refractivity contribution in [1.29, 1.82) is 0 Å². The van der Waals surface area contributed by atoms with E-state index in [-0.39, 0.29) is 23.8 Å². The minimum Gasteiger partial charge on any atom is -0.493 e. The van der Waals surface area contributed by atoms with E-state index < -0.39 is 10.0 Å². The van der Waals surface area contributed by atoms with Gasteiger partial charge in [-0.05, 0) is 66.6 Å². The molecule has 0 bridgehead atoms. The third kappa shape index (κ3) is 6.37. The Labute approximate surface area is 216 Å². The number of carbonyl (C=O) groups is 1. The van der Waals surface area contributed by atoms with E-state index in [0.717, 1.165) is 36.4 Å². The molecule has 1 aliphatic heterocycles. The van der Waals surface area contributed by atoms with Gasteiger partial charge in [0.2, 0.25) is 15.9 Å². The molecule has 1 fully saturated rings. The maximum absolute atomic E-state index is 13.4. The molecule has 3 aromatic rings. The molecule has 2 N–H and O–H groups in total. The SMILES string of the molecule is COc1ccc(CCNS(=O)(=O)c2cc(NC(=O)Cc3cccs3)ccc2N2CCCC2)cc1OC. The molecule has 192 valence electrons. The monoisotopic (exact) mass is 529 g/mol. The van der Waals surface area contributed by atoms with Gasteiger partial charge < -0.3 is 19.7 Å². The third-order valence-electron chi connectivity index (χ3n) is 6.05. The van der Waals surface area contributed by atoms with Crippen molar-refractivity contribution in [3.05, 3.63) is 64.4 Å². The summed E-state index contributed by atoms with van der Waals surface area (Å²) >= 11 is 1.51. The Hall–Kier alpha value is -3.08. The lowest BCUT2D eigenvalue weighted by atomic mass is 10.1. The second-order valence-electron chi connectivity index (χ2n) is 8.52. The summed E-state index contributed by atoms with van der Waals surface area (Å²) in [5, 5.41) is 4.77. The first kappa shape index (κ1) is 26.0. The average molecular weight is 530 g/mol. The Morgan fingerprint density at radius 3 is 2.50 bits per heavy atom. The van der Waals surface area contributed by atoms with Crippen molar-refractivity contribution >= 4 is 38.6 Å². The number of nitrogens with zero attached hydrogens (tertiary/aromatic N) is 1. The van der Waals surface area contributed by atoms with Crippen molar-refractivity contribution in [2.75, 3.05) is 44.1 Å². The second kappa shape index (κ2) is 11.8. The molecular formula is C26H31N3O5S2. The Bertz CT molecular complexity index is 1290. The molecule has 1 amide bonds. The number of rotatable bonds is 11. The molecule has 4 rings (SSSR count). The number of hydrogen-bond acceptors (Lipinski definition) is 7. The van der Waals surface area contributed by atoms with Crippen molar-refractivity contribution < 1.29 is 22.7 Å². The van der Waals surface area contributed by atoms with E-state index in [1.807, 2.05) is 29.6 Å². The van der Waals surface area contributed by atoms with Gasteiger partial charge in [-0.3, -0.25) is 4.79 Å². The first-order chi connectivity index (χ1) is 17.4. The average Bonchev–Trinajstić information content (AvgIpc) is 3.58. The van der Waals surface area contributed by atoms with Crippen LogP contribution in [0.15, 0.2) is 58.8 Å². The summed E-state index contributed by atoms with van der Waals surface area (Å²) < 4.78 is 40.2. The fourth-order valence-corrected chi connectivity index (χ4v) is 6.23. The highest BCUT2D eigenvalue weighted by Crippen LogP contribution is 2.31. The predicted molar refractivity (Wildman–Crippen MR) is 143 cm³/mol.